The Morgan fingerprint density at radius 1 is 1.26 bits per heavy atom. The quantitative estimate of drug-likeness (QED) is 0.544. The van der Waals surface area contributed by atoms with E-state index in [1.165, 1.54) is 11.8 Å². The number of carbonyl (C=O) groups is 1. The molecule has 7 nitrogen and oxygen atoms in total. The number of likely N-dealkylation sites (tertiary alicyclic amines) is 1. The Balaban J connectivity index is 1.51. The summed E-state index contributed by atoms with van der Waals surface area (Å²) >= 11 is 7.99. The zero-order valence-electron chi connectivity index (χ0n) is 21.0. The molecule has 1 aromatic heterocycles. The Kier molecular flexibility index (Phi) is 8.03. The molecule has 1 amide bonds. The summed E-state index contributed by atoms with van der Waals surface area (Å²) in [7, 11) is 0. The third kappa shape index (κ3) is 5.49. The van der Waals surface area contributed by atoms with E-state index in [0.717, 1.165) is 36.5 Å². The highest BCUT2D eigenvalue weighted by Crippen LogP contribution is 2.44. The number of piperidine rings is 1. The minimum atomic E-state index is -0.310. The number of aromatic nitrogens is 1. The van der Waals surface area contributed by atoms with Gasteiger partial charge in [-0.1, -0.05) is 11.6 Å². The van der Waals surface area contributed by atoms with Gasteiger partial charge in [-0.05, 0) is 72.0 Å². The molecule has 2 N–H and O–H groups in total. The third-order valence-electron chi connectivity index (χ3n) is 7.05. The molecule has 0 aliphatic carbocycles. The van der Waals surface area contributed by atoms with Crippen LogP contribution in [-0.2, 0) is 6.54 Å². The first-order valence-electron chi connectivity index (χ1n) is 12.1. The predicted molar refractivity (Wildman–Crippen MR) is 140 cm³/mol. The fourth-order valence-corrected chi connectivity index (χ4v) is 5.86. The molecule has 2 aliphatic heterocycles. The molecular formula is C26H34ClN3O4S. The Labute approximate surface area is 215 Å². The van der Waals surface area contributed by atoms with Crippen LogP contribution in [0, 0.1) is 19.8 Å². The maximum absolute atomic E-state index is 13.1. The molecule has 0 radical (unpaired) electrons. The van der Waals surface area contributed by atoms with Crippen LogP contribution in [0.25, 0.3) is 0 Å². The first-order chi connectivity index (χ1) is 16.7. The number of pyridine rings is 1. The number of nitrogens with one attached hydrogen (secondary N) is 2. The zero-order chi connectivity index (χ0) is 25.3. The monoisotopic (exact) mass is 519 g/mol. The third-order valence-corrected chi connectivity index (χ3v) is 8.14. The van der Waals surface area contributed by atoms with Crippen LogP contribution < -0.4 is 20.3 Å². The Hall–Kier alpha value is -2.16. The molecule has 2 aliphatic rings. The molecule has 0 saturated carbocycles. The normalized spacial score (nSPS) is 18.7. The molecule has 1 fully saturated rings. The number of fused-ring (bicyclic) bond motifs is 1. The van der Waals surface area contributed by atoms with Gasteiger partial charge in [-0.3, -0.25) is 9.59 Å². The lowest BCUT2D eigenvalue weighted by atomic mass is 9.90. The molecule has 35 heavy (non-hydrogen) atoms. The van der Waals surface area contributed by atoms with Crippen molar-refractivity contribution in [3.8, 4) is 11.5 Å². The minimum Gasteiger partial charge on any atom is -0.484 e. The summed E-state index contributed by atoms with van der Waals surface area (Å²) < 4.78 is 12.5. The van der Waals surface area contributed by atoms with E-state index in [-0.39, 0.29) is 24.1 Å². The van der Waals surface area contributed by atoms with Gasteiger partial charge in [0.25, 0.3) is 11.5 Å². The number of aryl methyl sites for hydroxylation is 1. The molecule has 1 saturated heterocycles. The van der Waals surface area contributed by atoms with Gasteiger partial charge in [0.2, 0.25) is 0 Å². The summed E-state index contributed by atoms with van der Waals surface area (Å²) in [5.41, 5.74) is 2.23. The van der Waals surface area contributed by atoms with Crippen LogP contribution >= 0.6 is 23.4 Å². The number of carbonyl (C=O) groups excluding carboxylic acids is 1. The highest BCUT2D eigenvalue weighted by Gasteiger charge is 2.35. The Morgan fingerprint density at radius 2 is 1.97 bits per heavy atom. The summed E-state index contributed by atoms with van der Waals surface area (Å²) in [6.45, 7) is 10.8. The number of benzene rings is 1. The van der Waals surface area contributed by atoms with Crippen molar-refractivity contribution < 1.29 is 14.3 Å². The van der Waals surface area contributed by atoms with Crippen LogP contribution in [0.4, 0.5) is 0 Å². The van der Waals surface area contributed by atoms with Crippen molar-refractivity contribution in [2.75, 3.05) is 26.0 Å². The average molecular weight is 520 g/mol. The molecule has 0 bridgehead atoms. The summed E-state index contributed by atoms with van der Waals surface area (Å²) in [6.07, 6.45) is 3.95. The van der Waals surface area contributed by atoms with Gasteiger partial charge in [-0.15, -0.1) is 11.8 Å². The van der Waals surface area contributed by atoms with E-state index in [1.54, 1.807) is 6.07 Å². The number of aromatic amines is 1. The second kappa shape index (κ2) is 10.8. The van der Waals surface area contributed by atoms with E-state index >= 15 is 0 Å². The van der Waals surface area contributed by atoms with Crippen molar-refractivity contribution in [2.24, 2.45) is 5.92 Å². The van der Waals surface area contributed by atoms with E-state index in [2.05, 4.69) is 29.0 Å². The van der Waals surface area contributed by atoms with Crippen molar-refractivity contribution in [2.45, 2.75) is 64.1 Å². The van der Waals surface area contributed by atoms with Crippen molar-refractivity contribution in [3.63, 3.8) is 0 Å². The molecule has 1 atom stereocenters. The van der Waals surface area contributed by atoms with Crippen molar-refractivity contribution in [1.82, 2.24) is 15.2 Å². The van der Waals surface area contributed by atoms with Gasteiger partial charge >= 0.3 is 0 Å². The van der Waals surface area contributed by atoms with E-state index in [0.29, 0.717) is 51.8 Å². The Morgan fingerprint density at radius 3 is 2.63 bits per heavy atom. The van der Waals surface area contributed by atoms with Crippen LogP contribution in [0.15, 0.2) is 21.8 Å². The minimum absolute atomic E-state index is 0.0693. The maximum Gasteiger partial charge on any atom is 0.254 e. The fourth-order valence-electron chi connectivity index (χ4n) is 4.90. The van der Waals surface area contributed by atoms with Crippen LogP contribution in [-0.4, -0.2) is 53.9 Å². The first kappa shape index (κ1) is 25.9. The standard InChI is InChI=1S/C26H34ClN3O4S/c1-14(2)30-8-6-17(7-9-30)21-13-33-24-20(27)11-18(16(4)23(24)34-21)25(31)28-12-19-22(35-5)10-15(3)29-26(19)32/h10-11,14,17,21H,6-9,12-13H2,1-5H3,(H,28,31)(H,29,32). The van der Waals surface area contributed by atoms with Gasteiger partial charge in [0.15, 0.2) is 11.5 Å². The zero-order valence-corrected chi connectivity index (χ0v) is 22.6. The van der Waals surface area contributed by atoms with Crippen LogP contribution in [0.2, 0.25) is 5.02 Å². The lowest BCUT2D eigenvalue weighted by Crippen LogP contribution is -2.45. The molecule has 1 unspecified atom stereocenters. The second-order valence-corrected chi connectivity index (χ2v) is 10.9. The predicted octanol–water partition coefficient (Wildman–Crippen LogP) is 4.56. The SMILES string of the molecule is CSc1cc(C)[nH]c(=O)c1CNC(=O)c1cc(Cl)c2c(c1C)OC(C1CCN(C(C)C)CC1)CO2. The number of rotatable bonds is 6. The smallest absolute Gasteiger partial charge is 0.254 e. The molecule has 4 rings (SSSR count). The van der Waals surface area contributed by atoms with E-state index in [4.69, 9.17) is 21.1 Å². The molecule has 1 aromatic carbocycles. The van der Waals surface area contributed by atoms with E-state index < -0.39 is 0 Å². The summed E-state index contributed by atoms with van der Waals surface area (Å²) in [6, 6.07) is 4.07. The highest BCUT2D eigenvalue weighted by molar-refractivity contribution is 7.98. The number of nitrogens with zero attached hydrogens (tertiary/aromatic N) is 1. The van der Waals surface area contributed by atoms with E-state index in [1.807, 2.05) is 26.2 Å². The number of ether oxygens (including phenoxy) is 2. The van der Waals surface area contributed by atoms with Gasteiger partial charge in [0.1, 0.15) is 12.7 Å². The fraction of sp³-hybridized carbons (Fsp3) is 0.538. The number of hydrogen-bond acceptors (Lipinski definition) is 6. The van der Waals surface area contributed by atoms with E-state index in [9.17, 15) is 9.59 Å². The second-order valence-electron chi connectivity index (χ2n) is 9.63. The van der Waals surface area contributed by atoms with Gasteiger partial charge in [0, 0.05) is 45.8 Å². The lowest BCUT2D eigenvalue weighted by molar-refractivity contribution is 0.0155. The largest absolute Gasteiger partial charge is 0.484 e. The number of H-pyrrole nitrogens is 1. The summed E-state index contributed by atoms with van der Waals surface area (Å²) in [5, 5.41) is 3.23. The van der Waals surface area contributed by atoms with Gasteiger partial charge < -0.3 is 24.7 Å². The molecular weight excluding hydrogens is 486 g/mol. The number of thioether (sulfide) groups is 1. The Bertz CT molecular complexity index is 1160. The first-order valence-corrected chi connectivity index (χ1v) is 13.7. The van der Waals surface area contributed by atoms with Gasteiger partial charge in [0.05, 0.1) is 5.02 Å². The van der Waals surface area contributed by atoms with Crippen molar-refractivity contribution in [1.29, 1.82) is 0 Å². The molecule has 190 valence electrons. The molecule has 9 heteroatoms. The van der Waals surface area contributed by atoms with Gasteiger partial charge in [-0.25, -0.2) is 0 Å². The summed E-state index contributed by atoms with van der Waals surface area (Å²) in [5.74, 6) is 1.13. The number of hydrogen-bond donors (Lipinski definition) is 2. The highest BCUT2D eigenvalue weighted by atomic mass is 35.5. The average Bonchev–Trinajstić information content (AvgIpc) is 2.84. The number of amides is 1. The van der Waals surface area contributed by atoms with Crippen LogP contribution in [0.5, 0.6) is 11.5 Å². The summed E-state index contributed by atoms with van der Waals surface area (Å²) in [4.78, 5) is 31.7. The topological polar surface area (TPSA) is 83.7 Å². The van der Waals surface area contributed by atoms with Crippen molar-refractivity contribution in [3.05, 3.63) is 49.9 Å². The molecule has 2 aromatic rings. The lowest BCUT2D eigenvalue weighted by Gasteiger charge is -2.39. The number of halogens is 1. The van der Waals surface area contributed by atoms with Crippen LogP contribution in [0.1, 0.15) is 53.9 Å². The maximum atomic E-state index is 13.1. The van der Waals surface area contributed by atoms with Gasteiger partial charge in [-0.2, -0.15) is 0 Å². The van der Waals surface area contributed by atoms with Crippen LogP contribution in [0.3, 0.4) is 0 Å². The van der Waals surface area contributed by atoms with Crippen molar-refractivity contribution >= 4 is 29.3 Å². The molecule has 0 spiro atoms. The molecule has 3 heterocycles.